The number of carbonyl (C=O) groups is 1. The molecule has 1 fully saturated rings. The Kier molecular flexibility index (Phi) is 5.05. The molecule has 1 amide bonds. The number of carbonyl (C=O) groups excluding carboxylic acids is 1. The van der Waals surface area contributed by atoms with Gasteiger partial charge in [-0.05, 0) is 24.6 Å². The Bertz CT molecular complexity index is 991. The third kappa shape index (κ3) is 3.88. The number of aromatic nitrogens is 1. The van der Waals surface area contributed by atoms with Gasteiger partial charge in [-0.15, -0.1) is 0 Å². The van der Waals surface area contributed by atoms with Crippen molar-refractivity contribution in [1.82, 2.24) is 21.3 Å². The first-order valence-corrected chi connectivity index (χ1v) is 8.88. The largest absolute Gasteiger partial charge is 0.508 e. The molecular formula is C20H19FN4O3. The van der Waals surface area contributed by atoms with Crippen molar-refractivity contribution in [2.24, 2.45) is 0 Å². The summed E-state index contributed by atoms with van der Waals surface area (Å²) in [6.45, 7) is 0.167. The minimum Gasteiger partial charge on any atom is -0.508 e. The maximum Gasteiger partial charge on any atom is 0.238 e. The number of phenolic OH excluding ortho intramolecular Hbond substituents is 1. The van der Waals surface area contributed by atoms with E-state index in [4.69, 9.17) is 4.52 Å². The highest BCUT2D eigenvalue weighted by molar-refractivity contribution is 5.82. The first-order valence-electron chi connectivity index (χ1n) is 8.88. The number of rotatable bonds is 5. The standard InChI is InChI=1S/C20H19FN4O3/c21-13-5-3-4-12(8-13)16-9-14(28-25-16)11-22-20(27)18-10-17(23-24-18)15-6-1-2-7-19(15)26/h1-9,17-18,23-24,26H,10-11H2,(H,22,27). The zero-order valence-corrected chi connectivity index (χ0v) is 14.9. The maximum absolute atomic E-state index is 13.3. The summed E-state index contributed by atoms with van der Waals surface area (Å²) in [5.74, 6) is 0.105. The molecule has 4 N–H and O–H groups in total. The van der Waals surface area contributed by atoms with Crippen molar-refractivity contribution < 1.29 is 18.8 Å². The highest BCUT2D eigenvalue weighted by Crippen LogP contribution is 2.29. The molecule has 144 valence electrons. The highest BCUT2D eigenvalue weighted by atomic mass is 19.1. The van der Waals surface area contributed by atoms with Gasteiger partial charge in [-0.1, -0.05) is 35.5 Å². The van der Waals surface area contributed by atoms with Crippen molar-refractivity contribution in [2.45, 2.75) is 25.0 Å². The van der Waals surface area contributed by atoms with Gasteiger partial charge in [-0.3, -0.25) is 4.79 Å². The lowest BCUT2D eigenvalue weighted by molar-refractivity contribution is -0.123. The van der Waals surface area contributed by atoms with E-state index in [9.17, 15) is 14.3 Å². The van der Waals surface area contributed by atoms with Crippen molar-refractivity contribution in [3.05, 3.63) is 71.7 Å². The molecule has 1 aliphatic heterocycles. The van der Waals surface area contributed by atoms with Crippen LogP contribution in [-0.4, -0.2) is 22.2 Å². The van der Waals surface area contributed by atoms with Crippen LogP contribution in [0, 0.1) is 5.82 Å². The van der Waals surface area contributed by atoms with Crippen LogP contribution in [0.4, 0.5) is 4.39 Å². The van der Waals surface area contributed by atoms with Gasteiger partial charge in [0.05, 0.1) is 12.6 Å². The number of hydrazine groups is 1. The van der Waals surface area contributed by atoms with Gasteiger partial charge in [0.2, 0.25) is 5.91 Å². The summed E-state index contributed by atoms with van der Waals surface area (Å²) in [5.41, 5.74) is 7.82. The molecule has 4 rings (SSSR count). The van der Waals surface area contributed by atoms with E-state index in [-0.39, 0.29) is 30.1 Å². The van der Waals surface area contributed by atoms with E-state index in [1.165, 1.54) is 12.1 Å². The number of aromatic hydroxyl groups is 1. The monoisotopic (exact) mass is 382 g/mol. The fraction of sp³-hybridized carbons (Fsp3) is 0.200. The summed E-state index contributed by atoms with van der Waals surface area (Å²) in [6.07, 6.45) is 0.494. The number of nitrogens with one attached hydrogen (secondary N) is 3. The quantitative estimate of drug-likeness (QED) is 0.541. The van der Waals surface area contributed by atoms with Crippen LogP contribution in [0.2, 0.25) is 0 Å². The molecule has 2 aromatic carbocycles. The molecule has 0 bridgehead atoms. The number of phenols is 1. The second kappa shape index (κ2) is 7.79. The minimum absolute atomic E-state index is 0.165. The lowest BCUT2D eigenvalue weighted by Crippen LogP contribution is -2.42. The zero-order chi connectivity index (χ0) is 19.5. The molecule has 1 aliphatic rings. The van der Waals surface area contributed by atoms with Gasteiger partial charge in [-0.25, -0.2) is 15.2 Å². The number of amides is 1. The van der Waals surface area contributed by atoms with E-state index in [2.05, 4.69) is 21.3 Å². The molecule has 0 spiro atoms. The summed E-state index contributed by atoms with van der Waals surface area (Å²) in [7, 11) is 0. The summed E-state index contributed by atoms with van der Waals surface area (Å²) in [4.78, 5) is 12.4. The molecule has 7 nitrogen and oxygen atoms in total. The maximum atomic E-state index is 13.3. The van der Waals surface area contributed by atoms with Gasteiger partial charge in [-0.2, -0.15) is 0 Å². The number of para-hydroxylation sites is 1. The van der Waals surface area contributed by atoms with Crippen LogP contribution >= 0.6 is 0 Å². The minimum atomic E-state index is -0.449. The van der Waals surface area contributed by atoms with Crippen LogP contribution < -0.4 is 16.2 Å². The fourth-order valence-electron chi connectivity index (χ4n) is 3.19. The van der Waals surface area contributed by atoms with Crippen LogP contribution in [-0.2, 0) is 11.3 Å². The summed E-state index contributed by atoms with van der Waals surface area (Å²) in [6, 6.07) is 14.1. The van der Waals surface area contributed by atoms with Crippen molar-refractivity contribution in [1.29, 1.82) is 0 Å². The van der Waals surface area contributed by atoms with Crippen molar-refractivity contribution >= 4 is 5.91 Å². The van der Waals surface area contributed by atoms with Gasteiger partial charge < -0.3 is 14.9 Å². The average Bonchev–Trinajstić information content (AvgIpc) is 3.36. The third-order valence-electron chi connectivity index (χ3n) is 4.65. The van der Waals surface area contributed by atoms with Crippen molar-refractivity contribution in [2.75, 3.05) is 0 Å². The SMILES string of the molecule is O=C(NCc1cc(-c2cccc(F)c2)no1)C1CC(c2ccccc2O)NN1. The van der Waals surface area contributed by atoms with E-state index in [1.54, 1.807) is 30.3 Å². The van der Waals surface area contributed by atoms with Gasteiger partial charge in [0.15, 0.2) is 5.76 Å². The molecular weight excluding hydrogens is 363 g/mol. The number of hydrogen-bond donors (Lipinski definition) is 4. The molecule has 0 radical (unpaired) electrons. The Morgan fingerprint density at radius 2 is 2.07 bits per heavy atom. The van der Waals surface area contributed by atoms with E-state index < -0.39 is 6.04 Å². The Balaban J connectivity index is 1.33. The van der Waals surface area contributed by atoms with Gasteiger partial charge in [0.1, 0.15) is 23.3 Å². The smallest absolute Gasteiger partial charge is 0.238 e. The molecule has 28 heavy (non-hydrogen) atoms. The van der Waals surface area contributed by atoms with E-state index in [1.807, 2.05) is 12.1 Å². The van der Waals surface area contributed by atoms with Gasteiger partial charge in [0, 0.05) is 17.2 Å². The van der Waals surface area contributed by atoms with E-state index in [0.29, 0.717) is 23.4 Å². The van der Waals surface area contributed by atoms with E-state index in [0.717, 1.165) is 5.56 Å². The average molecular weight is 382 g/mol. The van der Waals surface area contributed by atoms with Crippen LogP contribution in [0.25, 0.3) is 11.3 Å². The first-order chi connectivity index (χ1) is 13.6. The molecule has 2 atom stereocenters. The number of hydrogen-bond acceptors (Lipinski definition) is 6. The molecule has 3 aromatic rings. The van der Waals surface area contributed by atoms with Crippen LogP contribution in [0.3, 0.4) is 0 Å². The molecule has 1 saturated heterocycles. The van der Waals surface area contributed by atoms with Crippen molar-refractivity contribution in [3.63, 3.8) is 0 Å². The highest BCUT2D eigenvalue weighted by Gasteiger charge is 2.31. The molecule has 0 aliphatic carbocycles. The third-order valence-corrected chi connectivity index (χ3v) is 4.65. The van der Waals surface area contributed by atoms with Crippen LogP contribution in [0.5, 0.6) is 5.75 Å². The van der Waals surface area contributed by atoms with E-state index >= 15 is 0 Å². The Labute approximate surface area is 160 Å². The number of benzene rings is 2. The predicted molar refractivity (Wildman–Crippen MR) is 99.3 cm³/mol. The van der Waals surface area contributed by atoms with Crippen molar-refractivity contribution in [3.8, 4) is 17.0 Å². The summed E-state index contributed by atoms with van der Waals surface area (Å²) in [5, 5.41) is 16.7. The molecule has 0 saturated carbocycles. The molecule has 2 unspecified atom stereocenters. The fourth-order valence-corrected chi connectivity index (χ4v) is 3.19. The Hall–Kier alpha value is -3.23. The normalized spacial score (nSPS) is 18.9. The lowest BCUT2D eigenvalue weighted by Gasteiger charge is -2.11. The lowest BCUT2D eigenvalue weighted by atomic mass is 10.0. The second-order valence-electron chi connectivity index (χ2n) is 6.59. The van der Waals surface area contributed by atoms with Crippen LogP contribution in [0.15, 0.2) is 59.1 Å². The second-order valence-corrected chi connectivity index (χ2v) is 6.59. The number of halogens is 1. The molecule has 8 heteroatoms. The van der Waals surface area contributed by atoms with Gasteiger partial charge in [0.25, 0.3) is 0 Å². The van der Waals surface area contributed by atoms with Crippen LogP contribution in [0.1, 0.15) is 23.8 Å². The topological polar surface area (TPSA) is 99.4 Å². The summed E-state index contributed by atoms with van der Waals surface area (Å²) < 4.78 is 18.5. The predicted octanol–water partition coefficient (Wildman–Crippen LogP) is 2.41. The Morgan fingerprint density at radius 3 is 2.89 bits per heavy atom. The zero-order valence-electron chi connectivity index (χ0n) is 14.9. The molecule has 2 heterocycles. The Morgan fingerprint density at radius 1 is 1.21 bits per heavy atom. The number of nitrogens with zero attached hydrogens (tertiary/aromatic N) is 1. The van der Waals surface area contributed by atoms with Gasteiger partial charge >= 0.3 is 0 Å². The summed E-state index contributed by atoms with van der Waals surface area (Å²) >= 11 is 0. The first kappa shape index (κ1) is 18.1. The molecule has 1 aromatic heterocycles.